The molecule has 3 saturated heterocycles. The second kappa shape index (κ2) is 22.7. The van der Waals surface area contributed by atoms with E-state index in [9.17, 15) is 55.5 Å². The molecular weight excluding hydrogens is 860 g/mol. The highest BCUT2D eigenvalue weighted by Crippen LogP contribution is 2.41. The van der Waals surface area contributed by atoms with E-state index in [-0.39, 0.29) is 19.4 Å². The number of hydrogen-bond acceptors (Lipinski definition) is 19. The number of aliphatic carboxylic acids is 1. The fraction of sp³-hybridized carbons (Fsp3) is 0.767. The maximum Gasteiger partial charge on any atom is 0.332 e. The van der Waals surface area contributed by atoms with Gasteiger partial charge in [0.1, 0.15) is 72.7 Å². The summed E-state index contributed by atoms with van der Waals surface area (Å²) in [5.74, 6) is -2.71. The average Bonchev–Trinajstić information content (AvgIpc) is 3.76. The summed E-state index contributed by atoms with van der Waals surface area (Å²) in [4.78, 5) is 24.9. The molecule has 22 heteroatoms. The van der Waals surface area contributed by atoms with Crippen LogP contribution in [0.5, 0.6) is 0 Å². The first-order valence-electron chi connectivity index (χ1n) is 22.3. The molecule has 65 heavy (non-hydrogen) atoms. The molecule has 0 bridgehead atoms. The molecule has 4 heterocycles. The molecule has 366 valence electrons. The summed E-state index contributed by atoms with van der Waals surface area (Å²) in [6.45, 7) is 6.84. The number of carbonyl (C=O) groups excluding carboxylic acids is 1. The fourth-order valence-corrected chi connectivity index (χ4v) is 9.29. The highest BCUT2D eigenvalue weighted by atomic mass is 16.7. The van der Waals surface area contributed by atoms with E-state index in [2.05, 4.69) is 15.6 Å². The molecular formula is C43H66N4O18. The van der Waals surface area contributed by atoms with Crippen LogP contribution in [0.3, 0.4) is 0 Å². The van der Waals surface area contributed by atoms with Crippen molar-refractivity contribution in [3.8, 4) is 11.3 Å². The molecule has 0 spiro atoms. The van der Waals surface area contributed by atoms with Crippen molar-refractivity contribution in [3.63, 3.8) is 0 Å². The Labute approximate surface area is 376 Å². The minimum absolute atomic E-state index is 0.0635. The zero-order valence-corrected chi connectivity index (χ0v) is 37.1. The van der Waals surface area contributed by atoms with Crippen LogP contribution in [0.15, 0.2) is 30.5 Å². The van der Waals surface area contributed by atoms with Gasteiger partial charge in [-0.05, 0) is 51.0 Å². The maximum absolute atomic E-state index is 12.7. The van der Waals surface area contributed by atoms with Crippen molar-refractivity contribution in [2.24, 2.45) is 11.8 Å². The minimum Gasteiger partial charge on any atom is -0.479 e. The number of aromatic nitrogens is 3. The maximum atomic E-state index is 12.7. The Balaban J connectivity index is 1.27. The van der Waals surface area contributed by atoms with Gasteiger partial charge in [0.05, 0.1) is 44.3 Å². The number of aryl methyl sites for hydroxylation is 1. The van der Waals surface area contributed by atoms with Gasteiger partial charge >= 0.3 is 5.97 Å². The standard InChI is InChI=1S/C43H66N4O18/c1-6-9-26(40(57)58)61-39-30(44-21(5)50)41(63-29(17-49)34(39)53)62-27-14-22(13-23(7-2)38(27)65-43-37(56)36(55)32(51)20(4)60-43)18-59-42-35(54)31(33(52)28(16-48)64-42)47-15-25(45-46-47)24-11-8-10-19(3)12-24/h8,10-12,15,20,22-23,26-39,41-43,48-49,51-56H,6-7,9,13-14,16-18H2,1-5H3,(H,44,50)(H,57,58)/t20?,22?,23?,26-,27+,28?,29-,30?,31?,32+,33+,34-,35?,36-,37?,38+,39?,41+,42-,43-/m0/s1. The molecule has 20 atom stereocenters. The number of aliphatic hydroxyl groups excluding tert-OH is 8. The van der Waals surface area contributed by atoms with Crippen LogP contribution >= 0.6 is 0 Å². The monoisotopic (exact) mass is 926 g/mol. The molecule has 1 amide bonds. The van der Waals surface area contributed by atoms with Crippen LogP contribution in [0.2, 0.25) is 0 Å². The van der Waals surface area contributed by atoms with Gasteiger partial charge in [0, 0.05) is 12.5 Å². The summed E-state index contributed by atoms with van der Waals surface area (Å²) in [7, 11) is 0. The van der Waals surface area contributed by atoms with Gasteiger partial charge < -0.3 is 84.4 Å². The van der Waals surface area contributed by atoms with Crippen molar-refractivity contribution in [2.75, 3.05) is 19.8 Å². The summed E-state index contributed by atoms with van der Waals surface area (Å²) in [5, 5.41) is 108. The van der Waals surface area contributed by atoms with Crippen LogP contribution in [0.1, 0.15) is 71.4 Å². The Morgan fingerprint density at radius 1 is 0.877 bits per heavy atom. The zero-order valence-electron chi connectivity index (χ0n) is 37.1. The molecule has 22 nitrogen and oxygen atoms in total. The third-order valence-electron chi connectivity index (χ3n) is 12.8. The number of carboxylic acids is 1. The SMILES string of the molecule is CCC[C@H](OC1C(NC(C)=O)[C@H](O[C@@H]2CC(CO[C@H]3OC(CO)[C@@H](O)C(n4cc(-c5cccc(C)c5)nn4)C3O)CC(CC)[C@H]2O[C@@H]2OC(C)[C@@H](O)[C@H](O)C2O)O[C@@H](CO)[C@@H]1O)C(=O)O. The van der Waals surface area contributed by atoms with Gasteiger partial charge in [0.25, 0.3) is 0 Å². The van der Waals surface area contributed by atoms with E-state index >= 15 is 0 Å². The summed E-state index contributed by atoms with van der Waals surface area (Å²) in [6, 6.07) is 5.08. The van der Waals surface area contributed by atoms with Gasteiger partial charge in [-0.1, -0.05) is 55.7 Å². The molecule has 1 saturated carbocycles. The third kappa shape index (κ3) is 11.7. The van der Waals surface area contributed by atoms with Crippen LogP contribution in [0.25, 0.3) is 11.3 Å². The van der Waals surface area contributed by atoms with E-state index < -0.39 is 147 Å². The van der Waals surface area contributed by atoms with Crippen LogP contribution in [-0.4, -0.2) is 197 Å². The lowest BCUT2D eigenvalue weighted by Crippen LogP contribution is -2.67. The molecule has 3 aliphatic heterocycles. The summed E-state index contributed by atoms with van der Waals surface area (Å²) >= 11 is 0. The van der Waals surface area contributed by atoms with Crippen molar-refractivity contribution in [3.05, 3.63) is 36.0 Å². The molecule has 4 aliphatic rings. The first-order valence-corrected chi connectivity index (χ1v) is 22.3. The summed E-state index contributed by atoms with van der Waals surface area (Å²) < 4.78 is 44.5. The van der Waals surface area contributed by atoms with Crippen molar-refractivity contribution in [1.82, 2.24) is 20.3 Å². The first-order chi connectivity index (χ1) is 31.0. The highest BCUT2D eigenvalue weighted by Gasteiger charge is 2.53. The predicted octanol–water partition coefficient (Wildman–Crippen LogP) is -1.49. The van der Waals surface area contributed by atoms with Crippen molar-refractivity contribution in [1.29, 1.82) is 0 Å². The Morgan fingerprint density at radius 2 is 1.58 bits per heavy atom. The lowest BCUT2D eigenvalue weighted by molar-refractivity contribution is -0.340. The predicted molar refractivity (Wildman–Crippen MR) is 222 cm³/mol. The van der Waals surface area contributed by atoms with E-state index in [1.807, 2.05) is 38.1 Å². The van der Waals surface area contributed by atoms with Crippen LogP contribution in [-0.2, 0) is 42.7 Å². The zero-order chi connectivity index (χ0) is 47.3. The van der Waals surface area contributed by atoms with Crippen molar-refractivity contribution in [2.45, 2.75) is 177 Å². The van der Waals surface area contributed by atoms with Gasteiger partial charge in [-0.2, -0.15) is 0 Å². The molecule has 0 radical (unpaired) electrons. The molecule has 1 aliphatic carbocycles. The Kier molecular flexibility index (Phi) is 17.8. The van der Waals surface area contributed by atoms with Crippen molar-refractivity contribution >= 4 is 11.9 Å². The quantitative estimate of drug-likeness (QED) is 0.0814. The van der Waals surface area contributed by atoms with Crippen LogP contribution < -0.4 is 5.32 Å². The van der Waals surface area contributed by atoms with Gasteiger partial charge in [-0.3, -0.25) is 4.79 Å². The van der Waals surface area contributed by atoms with Gasteiger partial charge in [-0.15, -0.1) is 5.10 Å². The Bertz CT molecular complexity index is 1840. The second-order valence-corrected chi connectivity index (χ2v) is 17.6. The number of nitrogens with one attached hydrogen (secondary N) is 1. The van der Waals surface area contributed by atoms with Gasteiger partial charge in [-0.25, -0.2) is 9.48 Å². The Morgan fingerprint density at radius 3 is 2.23 bits per heavy atom. The summed E-state index contributed by atoms with van der Waals surface area (Å²) in [6.07, 6.45) is -18.9. The normalized spacial score (nSPS) is 39.4. The smallest absolute Gasteiger partial charge is 0.332 e. The number of hydrogen-bond donors (Lipinski definition) is 10. The molecule has 1 aromatic carbocycles. The number of aliphatic hydroxyl groups is 8. The topological polar surface area (TPSA) is 324 Å². The van der Waals surface area contributed by atoms with Crippen LogP contribution in [0.4, 0.5) is 0 Å². The van der Waals surface area contributed by atoms with Crippen LogP contribution in [0, 0.1) is 18.8 Å². The van der Waals surface area contributed by atoms with E-state index in [0.717, 1.165) is 11.1 Å². The lowest BCUT2D eigenvalue weighted by atomic mass is 9.76. The number of amides is 1. The first kappa shape index (κ1) is 51.1. The minimum atomic E-state index is -1.68. The number of ether oxygens (including phenoxy) is 7. The molecule has 10 N–H and O–H groups in total. The van der Waals surface area contributed by atoms with Gasteiger partial charge in [0.15, 0.2) is 25.0 Å². The number of carbonyl (C=O) groups is 2. The molecule has 1 aromatic heterocycles. The second-order valence-electron chi connectivity index (χ2n) is 17.6. The largest absolute Gasteiger partial charge is 0.479 e. The molecule has 4 fully saturated rings. The van der Waals surface area contributed by atoms with Crippen molar-refractivity contribution < 1.29 is 88.7 Å². The summed E-state index contributed by atoms with van der Waals surface area (Å²) in [5.41, 5.74) is 2.25. The Hall–Kier alpha value is -3.30. The number of rotatable bonds is 18. The highest BCUT2D eigenvalue weighted by molar-refractivity contribution is 5.73. The van der Waals surface area contributed by atoms with E-state index in [0.29, 0.717) is 25.0 Å². The number of carboxylic acid groups (broad SMARTS) is 1. The number of benzene rings is 1. The average molecular weight is 927 g/mol. The molecule has 6 rings (SSSR count). The molecule has 9 unspecified atom stereocenters. The fourth-order valence-electron chi connectivity index (χ4n) is 9.29. The van der Waals surface area contributed by atoms with Gasteiger partial charge in [0.2, 0.25) is 5.91 Å². The molecule has 2 aromatic rings. The van der Waals surface area contributed by atoms with E-state index in [1.165, 1.54) is 18.5 Å². The van der Waals surface area contributed by atoms with E-state index in [4.69, 9.17) is 33.2 Å². The number of nitrogens with zero attached hydrogens (tertiary/aromatic N) is 3. The lowest BCUT2D eigenvalue weighted by Gasteiger charge is -2.49. The van der Waals surface area contributed by atoms with E-state index in [1.54, 1.807) is 13.1 Å². The third-order valence-corrected chi connectivity index (χ3v) is 12.8.